The third-order valence-corrected chi connectivity index (χ3v) is 3.05. The molecule has 0 atom stereocenters. The summed E-state index contributed by atoms with van der Waals surface area (Å²) in [7, 11) is 0. The van der Waals surface area contributed by atoms with E-state index in [1.54, 1.807) is 6.92 Å². The van der Waals surface area contributed by atoms with Crippen molar-refractivity contribution in [2.24, 2.45) is 0 Å². The van der Waals surface area contributed by atoms with Gasteiger partial charge in [0.05, 0.1) is 0 Å². The van der Waals surface area contributed by atoms with Crippen LogP contribution in [0.4, 0.5) is 0 Å². The summed E-state index contributed by atoms with van der Waals surface area (Å²) in [5.41, 5.74) is 0.382. The van der Waals surface area contributed by atoms with E-state index in [1.165, 1.54) is 32.9 Å². The van der Waals surface area contributed by atoms with Crippen LogP contribution in [0.1, 0.15) is 11.5 Å². The minimum absolute atomic E-state index is 0.0470. The third-order valence-electron chi connectivity index (χ3n) is 2.15. The minimum Gasteiger partial charge on any atom is -0.267 e. The number of hydrogen-bond acceptors (Lipinski definition) is 7. The number of aromatic nitrogens is 6. The quantitative estimate of drug-likeness (QED) is 0.605. The Hall–Kier alpha value is -2.60. The van der Waals surface area contributed by atoms with Crippen molar-refractivity contribution < 1.29 is 0 Å². The van der Waals surface area contributed by atoms with Gasteiger partial charge in [0.15, 0.2) is 0 Å². The first-order valence-corrected chi connectivity index (χ1v) is 5.69. The molecule has 0 fully saturated rings. The molecule has 0 aliphatic rings. The molecule has 3 rings (SSSR count). The molecule has 0 amide bonds. The van der Waals surface area contributed by atoms with Crippen LogP contribution in [0.5, 0.6) is 0 Å². The van der Waals surface area contributed by atoms with Crippen LogP contribution in [-0.2, 0) is 0 Å². The van der Waals surface area contributed by atoms with Crippen molar-refractivity contribution in [2.75, 3.05) is 0 Å². The number of fused-ring (bicyclic) bond motifs is 1. The average molecular weight is 259 g/mol. The average Bonchev–Trinajstić information content (AvgIpc) is 2.93. The molecule has 3 aromatic heterocycles. The lowest BCUT2D eigenvalue weighted by atomic mass is 10.5. The van der Waals surface area contributed by atoms with Crippen LogP contribution in [-0.4, -0.2) is 29.4 Å². The topological polar surface area (TPSA) is 102 Å². The van der Waals surface area contributed by atoms with Crippen molar-refractivity contribution in [1.29, 1.82) is 5.26 Å². The van der Waals surface area contributed by atoms with Crippen molar-refractivity contribution in [3.05, 3.63) is 34.3 Å². The molecule has 0 aromatic carbocycles. The van der Waals surface area contributed by atoms with Gasteiger partial charge >= 0.3 is 0 Å². The molecule has 88 valence electrons. The molecule has 9 heteroatoms. The molecule has 0 aliphatic heterocycles. The summed E-state index contributed by atoms with van der Waals surface area (Å²) < 4.78 is 2.54. The highest BCUT2D eigenvalue weighted by Gasteiger charge is 2.10. The molecule has 3 aromatic rings. The molecule has 0 aliphatic carbocycles. The fourth-order valence-corrected chi connectivity index (χ4v) is 2.28. The van der Waals surface area contributed by atoms with Gasteiger partial charge in [0.25, 0.3) is 11.4 Å². The number of nitriles is 1. The van der Waals surface area contributed by atoms with Gasteiger partial charge in [0.1, 0.15) is 12.4 Å². The second kappa shape index (κ2) is 3.71. The predicted octanol–water partition coefficient (Wildman–Crippen LogP) is -0.0882. The summed E-state index contributed by atoms with van der Waals surface area (Å²) in [6.07, 6.45) is 1.37. The Kier molecular flexibility index (Phi) is 2.17. The van der Waals surface area contributed by atoms with Gasteiger partial charge in [-0.2, -0.15) is 14.5 Å². The summed E-state index contributed by atoms with van der Waals surface area (Å²) in [4.78, 5) is 20.1. The normalized spacial score (nSPS) is 10.7. The molecule has 8 nitrogen and oxygen atoms in total. The lowest BCUT2D eigenvalue weighted by molar-refractivity contribution is 0.801. The van der Waals surface area contributed by atoms with E-state index in [9.17, 15) is 4.79 Å². The molecule has 0 spiro atoms. The molecule has 0 radical (unpaired) electrons. The second-order valence-electron chi connectivity index (χ2n) is 3.44. The molecule has 0 saturated carbocycles. The van der Waals surface area contributed by atoms with E-state index in [0.29, 0.717) is 15.8 Å². The Labute approximate surface area is 104 Å². The largest absolute Gasteiger partial charge is 0.275 e. The molecule has 0 bridgehead atoms. The Morgan fingerprint density at radius 1 is 1.44 bits per heavy atom. The maximum atomic E-state index is 11.7. The third kappa shape index (κ3) is 1.56. The monoisotopic (exact) mass is 259 g/mol. The summed E-state index contributed by atoms with van der Waals surface area (Å²) in [5, 5.41) is 17.1. The zero-order valence-corrected chi connectivity index (χ0v) is 9.92. The molecular formula is C9H5N7OS. The van der Waals surface area contributed by atoms with E-state index in [4.69, 9.17) is 5.26 Å². The molecule has 3 heterocycles. The first-order valence-electron chi connectivity index (χ1n) is 4.87. The maximum absolute atomic E-state index is 11.7. The van der Waals surface area contributed by atoms with Crippen molar-refractivity contribution >= 4 is 16.3 Å². The molecule has 0 N–H and O–H groups in total. The van der Waals surface area contributed by atoms with Crippen molar-refractivity contribution in [3.63, 3.8) is 0 Å². The van der Waals surface area contributed by atoms with E-state index >= 15 is 0 Å². The second-order valence-corrected chi connectivity index (χ2v) is 4.37. The summed E-state index contributed by atoms with van der Waals surface area (Å²) in [6, 6.07) is 3.22. The molecule has 0 unspecified atom stereocenters. The summed E-state index contributed by atoms with van der Waals surface area (Å²) in [5.74, 6) is 0.0470. The van der Waals surface area contributed by atoms with Gasteiger partial charge in [-0.3, -0.25) is 4.79 Å². The van der Waals surface area contributed by atoms with E-state index < -0.39 is 0 Å². The highest BCUT2D eigenvalue weighted by atomic mass is 32.1. The smallest absolute Gasteiger partial charge is 0.267 e. The zero-order chi connectivity index (χ0) is 12.7. The SMILES string of the molecule is Cc1cc(=O)n2nc(-n3cnc(C#N)n3)sc2n1. The van der Waals surface area contributed by atoms with Crippen LogP contribution in [0.2, 0.25) is 0 Å². The number of rotatable bonds is 1. The van der Waals surface area contributed by atoms with Gasteiger partial charge in [0.2, 0.25) is 10.1 Å². The van der Waals surface area contributed by atoms with E-state index in [1.807, 2.05) is 6.07 Å². The van der Waals surface area contributed by atoms with Crippen LogP contribution in [0.3, 0.4) is 0 Å². The van der Waals surface area contributed by atoms with Crippen LogP contribution in [0.15, 0.2) is 17.2 Å². The minimum atomic E-state index is -0.249. The van der Waals surface area contributed by atoms with Crippen LogP contribution < -0.4 is 5.56 Å². The molecular weight excluding hydrogens is 254 g/mol. The van der Waals surface area contributed by atoms with Gasteiger partial charge < -0.3 is 0 Å². The molecule has 18 heavy (non-hydrogen) atoms. The summed E-state index contributed by atoms with van der Waals surface area (Å²) >= 11 is 1.19. The number of hydrogen-bond donors (Lipinski definition) is 0. The maximum Gasteiger partial charge on any atom is 0.275 e. The van der Waals surface area contributed by atoms with Crippen molar-refractivity contribution in [1.82, 2.24) is 29.4 Å². The lowest BCUT2D eigenvalue weighted by Crippen LogP contribution is -2.14. The highest BCUT2D eigenvalue weighted by molar-refractivity contribution is 7.18. The molecule has 0 saturated heterocycles. The first kappa shape index (κ1) is 10.5. The van der Waals surface area contributed by atoms with Gasteiger partial charge in [-0.25, -0.2) is 9.97 Å². The Morgan fingerprint density at radius 3 is 3.00 bits per heavy atom. The van der Waals surface area contributed by atoms with E-state index in [2.05, 4.69) is 20.2 Å². The Balaban J connectivity index is 2.22. The number of aryl methyl sites for hydroxylation is 1. The van der Waals surface area contributed by atoms with E-state index in [-0.39, 0.29) is 11.4 Å². The fraction of sp³-hybridized carbons (Fsp3) is 0.111. The summed E-state index contributed by atoms with van der Waals surface area (Å²) in [6.45, 7) is 1.74. The first-order chi connectivity index (χ1) is 8.67. The standard InChI is InChI=1S/C9H5N7OS/c1-5-2-7(17)16-8(12-5)18-9(14-16)15-4-11-6(3-10)13-15/h2,4H,1H3. The van der Waals surface area contributed by atoms with Crippen LogP contribution in [0, 0.1) is 18.3 Å². The van der Waals surface area contributed by atoms with Crippen LogP contribution >= 0.6 is 11.3 Å². The highest BCUT2D eigenvalue weighted by Crippen LogP contribution is 2.14. The number of nitrogens with zero attached hydrogens (tertiary/aromatic N) is 7. The predicted molar refractivity (Wildman–Crippen MR) is 61.5 cm³/mol. The van der Waals surface area contributed by atoms with Crippen molar-refractivity contribution in [2.45, 2.75) is 6.92 Å². The van der Waals surface area contributed by atoms with Gasteiger partial charge in [-0.15, -0.1) is 10.2 Å². The Morgan fingerprint density at radius 2 is 2.28 bits per heavy atom. The Bertz CT molecular complexity index is 837. The van der Waals surface area contributed by atoms with Crippen LogP contribution in [0.25, 0.3) is 10.1 Å². The fourth-order valence-electron chi connectivity index (χ4n) is 1.41. The van der Waals surface area contributed by atoms with Gasteiger partial charge in [-0.1, -0.05) is 11.3 Å². The van der Waals surface area contributed by atoms with E-state index in [0.717, 1.165) is 0 Å². The zero-order valence-electron chi connectivity index (χ0n) is 9.10. The lowest BCUT2D eigenvalue weighted by Gasteiger charge is -1.89. The van der Waals surface area contributed by atoms with Gasteiger partial charge in [-0.05, 0) is 6.92 Å². The van der Waals surface area contributed by atoms with Crippen molar-refractivity contribution in [3.8, 4) is 11.2 Å². The van der Waals surface area contributed by atoms with Gasteiger partial charge in [0, 0.05) is 11.8 Å².